The van der Waals surface area contributed by atoms with Gasteiger partial charge >= 0.3 is 0 Å². The van der Waals surface area contributed by atoms with E-state index in [9.17, 15) is 0 Å². The predicted octanol–water partition coefficient (Wildman–Crippen LogP) is 5.59. The molecule has 17 heavy (non-hydrogen) atoms. The van der Waals surface area contributed by atoms with Crippen LogP contribution >= 0.6 is 0 Å². The molecule has 1 fully saturated rings. The fraction of sp³-hybridized carbons (Fsp3) is 0.882. The lowest BCUT2D eigenvalue weighted by molar-refractivity contribution is 0.0650. The van der Waals surface area contributed by atoms with Gasteiger partial charge in [-0.05, 0) is 62.2 Å². The van der Waals surface area contributed by atoms with E-state index < -0.39 is 0 Å². The lowest BCUT2D eigenvalue weighted by atomic mass is 9.60. The van der Waals surface area contributed by atoms with Crippen molar-refractivity contribution in [2.24, 2.45) is 23.2 Å². The summed E-state index contributed by atoms with van der Waals surface area (Å²) in [6.07, 6.45) is 12.5. The molecule has 0 heterocycles. The molecular weight excluding hydrogens is 204 g/mol. The van der Waals surface area contributed by atoms with Crippen LogP contribution in [0.5, 0.6) is 0 Å². The average Bonchev–Trinajstić information content (AvgIpc) is 2.30. The Labute approximate surface area is 108 Å². The molecule has 1 unspecified atom stereocenters. The lowest BCUT2D eigenvalue weighted by Crippen LogP contribution is -2.35. The molecule has 0 saturated heterocycles. The molecule has 0 nitrogen and oxygen atoms in total. The minimum atomic E-state index is 0.567. The van der Waals surface area contributed by atoms with Crippen molar-refractivity contribution >= 4 is 0 Å². The minimum Gasteiger partial charge on any atom is -0.0853 e. The summed E-state index contributed by atoms with van der Waals surface area (Å²) in [5, 5.41) is 0. The lowest BCUT2D eigenvalue weighted by Gasteiger charge is -2.45. The topological polar surface area (TPSA) is 0 Å². The zero-order chi connectivity index (χ0) is 12.5. The molecule has 2 aliphatic rings. The van der Waals surface area contributed by atoms with Gasteiger partial charge in [-0.25, -0.2) is 0 Å². The standard InChI is InChI=1S/C17H30/c1-13-5-9-15(10-6-13)17(3,4)16-11-7-14(2)8-12-16/h5,14-16H,6-12H2,1-4H3. The van der Waals surface area contributed by atoms with E-state index in [1.54, 1.807) is 5.57 Å². The quantitative estimate of drug-likeness (QED) is 0.547. The molecular formula is C17H30. The predicted molar refractivity (Wildman–Crippen MR) is 76.0 cm³/mol. The van der Waals surface area contributed by atoms with Crippen LogP contribution in [0.25, 0.3) is 0 Å². The van der Waals surface area contributed by atoms with Gasteiger partial charge in [0.2, 0.25) is 0 Å². The third kappa shape index (κ3) is 2.95. The zero-order valence-corrected chi connectivity index (χ0v) is 12.3. The Morgan fingerprint density at radius 2 is 1.65 bits per heavy atom. The van der Waals surface area contributed by atoms with Gasteiger partial charge in [0, 0.05) is 0 Å². The first kappa shape index (κ1) is 13.2. The largest absolute Gasteiger partial charge is 0.0853 e. The van der Waals surface area contributed by atoms with Gasteiger partial charge < -0.3 is 0 Å². The van der Waals surface area contributed by atoms with E-state index in [1.807, 2.05) is 0 Å². The molecule has 0 radical (unpaired) electrons. The summed E-state index contributed by atoms with van der Waals surface area (Å²) in [6.45, 7) is 9.82. The van der Waals surface area contributed by atoms with Crippen LogP contribution in [-0.2, 0) is 0 Å². The third-order valence-corrected chi connectivity index (χ3v) is 5.76. The van der Waals surface area contributed by atoms with E-state index in [1.165, 1.54) is 44.9 Å². The van der Waals surface area contributed by atoms with Crippen LogP contribution in [0.2, 0.25) is 0 Å². The van der Waals surface area contributed by atoms with Crippen LogP contribution in [-0.4, -0.2) is 0 Å². The Bertz CT molecular complexity index is 276. The van der Waals surface area contributed by atoms with E-state index >= 15 is 0 Å². The number of rotatable bonds is 2. The summed E-state index contributed by atoms with van der Waals surface area (Å²) in [4.78, 5) is 0. The molecule has 0 bridgehead atoms. The van der Waals surface area contributed by atoms with Crippen LogP contribution in [0.3, 0.4) is 0 Å². The summed E-state index contributed by atoms with van der Waals surface area (Å²) in [6, 6.07) is 0. The van der Waals surface area contributed by atoms with Crippen LogP contribution in [0.1, 0.15) is 72.6 Å². The van der Waals surface area contributed by atoms with E-state index in [-0.39, 0.29) is 0 Å². The highest BCUT2D eigenvalue weighted by atomic mass is 14.4. The Hall–Kier alpha value is -0.260. The maximum atomic E-state index is 2.55. The normalized spacial score (nSPS) is 35.5. The highest BCUT2D eigenvalue weighted by molar-refractivity contribution is 5.05. The smallest absolute Gasteiger partial charge is 0.0295 e. The van der Waals surface area contributed by atoms with Gasteiger partial charge in [-0.3, -0.25) is 0 Å². The van der Waals surface area contributed by atoms with Crippen molar-refractivity contribution in [2.75, 3.05) is 0 Å². The van der Waals surface area contributed by atoms with Crippen molar-refractivity contribution in [3.8, 4) is 0 Å². The Balaban J connectivity index is 1.98. The van der Waals surface area contributed by atoms with E-state index in [4.69, 9.17) is 0 Å². The maximum absolute atomic E-state index is 2.55. The van der Waals surface area contributed by atoms with Crippen molar-refractivity contribution < 1.29 is 0 Å². The Kier molecular flexibility index (Phi) is 4.00. The van der Waals surface area contributed by atoms with Gasteiger partial charge in [-0.2, -0.15) is 0 Å². The fourth-order valence-corrected chi connectivity index (χ4v) is 3.98. The van der Waals surface area contributed by atoms with Gasteiger partial charge in [0.25, 0.3) is 0 Å². The van der Waals surface area contributed by atoms with Crippen LogP contribution < -0.4 is 0 Å². The van der Waals surface area contributed by atoms with Crippen molar-refractivity contribution in [3.05, 3.63) is 11.6 Å². The first-order valence-electron chi connectivity index (χ1n) is 7.65. The van der Waals surface area contributed by atoms with Crippen molar-refractivity contribution in [1.82, 2.24) is 0 Å². The van der Waals surface area contributed by atoms with Gasteiger partial charge in [-0.15, -0.1) is 0 Å². The highest BCUT2D eigenvalue weighted by Gasteiger charge is 2.38. The second-order valence-corrected chi connectivity index (χ2v) is 7.30. The molecule has 0 aliphatic heterocycles. The van der Waals surface area contributed by atoms with Gasteiger partial charge in [0.1, 0.15) is 0 Å². The molecule has 0 N–H and O–H groups in total. The number of allylic oxidation sites excluding steroid dienone is 2. The second kappa shape index (κ2) is 5.16. The zero-order valence-electron chi connectivity index (χ0n) is 12.3. The molecule has 98 valence electrons. The third-order valence-electron chi connectivity index (χ3n) is 5.76. The molecule has 0 aromatic carbocycles. The van der Waals surface area contributed by atoms with Crippen LogP contribution in [0.4, 0.5) is 0 Å². The first-order chi connectivity index (χ1) is 8.00. The van der Waals surface area contributed by atoms with Crippen LogP contribution in [0.15, 0.2) is 11.6 Å². The summed E-state index contributed by atoms with van der Waals surface area (Å²) in [5.41, 5.74) is 2.19. The van der Waals surface area contributed by atoms with Crippen LogP contribution in [0, 0.1) is 23.2 Å². The summed E-state index contributed by atoms with van der Waals surface area (Å²) >= 11 is 0. The molecule has 0 aromatic rings. The van der Waals surface area contributed by atoms with Gasteiger partial charge in [0.15, 0.2) is 0 Å². The minimum absolute atomic E-state index is 0.567. The Morgan fingerprint density at radius 1 is 1.00 bits per heavy atom. The van der Waals surface area contributed by atoms with Gasteiger partial charge in [-0.1, -0.05) is 45.3 Å². The first-order valence-corrected chi connectivity index (χ1v) is 7.65. The summed E-state index contributed by atoms with van der Waals surface area (Å²) in [7, 11) is 0. The van der Waals surface area contributed by atoms with E-state index in [2.05, 4.69) is 33.8 Å². The molecule has 2 rings (SSSR count). The summed E-state index contributed by atoms with van der Waals surface area (Å²) < 4.78 is 0. The van der Waals surface area contributed by atoms with E-state index in [0.29, 0.717) is 5.41 Å². The maximum Gasteiger partial charge on any atom is -0.0295 e. The monoisotopic (exact) mass is 234 g/mol. The second-order valence-electron chi connectivity index (χ2n) is 7.30. The van der Waals surface area contributed by atoms with Crippen molar-refractivity contribution in [1.29, 1.82) is 0 Å². The SMILES string of the molecule is CC1=CCC(C(C)(C)C2CCC(C)CC2)CC1. The van der Waals surface area contributed by atoms with Crippen molar-refractivity contribution in [2.45, 2.75) is 72.6 Å². The molecule has 0 aromatic heterocycles. The molecule has 0 spiro atoms. The Morgan fingerprint density at radius 3 is 2.18 bits per heavy atom. The fourth-order valence-electron chi connectivity index (χ4n) is 3.98. The van der Waals surface area contributed by atoms with Gasteiger partial charge in [0.05, 0.1) is 0 Å². The van der Waals surface area contributed by atoms with Crippen molar-refractivity contribution in [3.63, 3.8) is 0 Å². The molecule has 0 heteroatoms. The molecule has 1 atom stereocenters. The highest BCUT2D eigenvalue weighted by Crippen LogP contribution is 2.48. The molecule has 1 saturated carbocycles. The average molecular weight is 234 g/mol. The van der Waals surface area contributed by atoms with E-state index in [0.717, 1.165) is 17.8 Å². The summed E-state index contributed by atoms with van der Waals surface area (Å²) in [5.74, 6) is 2.90. The molecule has 0 amide bonds. The molecule has 2 aliphatic carbocycles. The number of hydrogen-bond donors (Lipinski definition) is 0. The number of hydrogen-bond acceptors (Lipinski definition) is 0.